The number of sulfonamides is 1. The number of anilines is 1. The van der Waals surface area contributed by atoms with Gasteiger partial charge in [-0.25, -0.2) is 27.3 Å². The van der Waals surface area contributed by atoms with Gasteiger partial charge >= 0.3 is 0 Å². The third kappa shape index (κ3) is 2.30. The van der Waals surface area contributed by atoms with Gasteiger partial charge in [0.1, 0.15) is 11.4 Å². The first-order chi connectivity index (χ1) is 6.73. The Morgan fingerprint density at radius 1 is 1.47 bits per heavy atom. The molecule has 84 valence electrons. The largest absolute Gasteiger partial charge is 0.506 e. The Balaban J connectivity index is 3.50. The van der Waals surface area contributed by atoms with Crippen molar-refractivity contribution < 1.29 is 22.3 Å². The number of nitrogens with zero attached hydrogens (tertiary/aromatic N) is 1. The minimum Gasteiger partial charge on any atom is -0.506 e. The van der Waals surface area contributed by atoms with Crippen LogP contribution in [0, 0.1) is 0 Å². The molecule has 0 spiro atoms. The van der Waals surface area contributed by atoms with Gasteiger partial charge in [-0.05, 0) is 0 Å². The molecule has 15 heavy (non-hydrogen) atoms. The molecular formula is C6H7F2N3O3S. The van der Waals surface area contributed by atoms with E-state index in [0.29, 0.717) is 6.07 Å². The predicted octanol–water partition coefficient (Wildman–Crippen LogP) is -0.0456. The number of hydrogen-bond donors (Lipinski definition) is 3. The number of alkyl halides is 2. The van der Waals surface area contributed by atoms with E-state index < -0.39 is 38.6 Å². The summed E-state index contributed by atoms with van der Waals surface area (Å²) < 4.78 is 46.2. The van der Waals surface area contributed by atoms with Gasteiger partial charge in [-0.3, -0.25) is 0 Å². The average molecular weight is 239 g/mol. The van der Waals surface area contributed by atoms with E-state index in [0.717, 1.165) is 0 Å². The minimum absolute atomic E-state index is 0.487. The van der Waals surface area contributed by atoms with E-state index in [1.807, 2.05) is 0 Å². The first-order valence-corrected chi connectivity index (χ1v) is 5.08. The average Bonchev–Trinajstić information content (AvgIpc) is 2.00. The van der Waals surface area contributed by atoms with Crippen LogP contribution in [0.25, 0.3) is 0 Å². The zero-order valence-electron chi connectivity index (χ0n) is 7.18. The number of aromatic hydroxyl groups is 1. The summed E-state index contributed by atoms with van der Waals surface area (Å²) in [5.41, 5.74) is 3.59. The molecular weight excluding hydrogens is 232 g/mol. The molecule has 0 unspecified atom stereocenters. The summed E-state index contributed by atoms with van der Waals surface area (Å²) in [6.07, 6.45) is -3.12. The second-order valence-corrected chi connectivity index (χ2v) is 4.11. The fraction of sp³-hybridized carbons (Fsp3) is 0.167. The highest BCUT2D eigenvalue weighted by molar-refractivity contribution is 7.89. The molecule has 9 heteroatoms. The molecule has 0 aliphatic carbocycles. The van der Waals surface area contributed by atoms with E-state index in [1.54, 1.807) is 0 Å². The SMILES string of the molecule is Nc1cc(O)c(C(F)F)nc1S(N)(=O)=O. The lowest BCUT2D eigenvalue weighted by Gasteiger charge is -2.07. The zero-order valence-corrected chi connectivity index (χ0v) is 8.00. The van der Waals surface area contributed by atoms with Crippen LogP contribution >= 0.6 is 0 Å². The standard InChI is InChI=1S/C6H7F2N3O3S/c7-5(8)4-3(12)1-2(9)6(11-4)15(10,13)14/h1,5,12H,9H2,(H2,10,13,14). The number of nitrogens with two attached hydrogens (primary N) is 2. The van der Waals surface area contributed by atoms with Gasteiger partial charge in [-0.2, -0.15) is 0 Å². The summed E-state index contributed by atoms with van der Waals surface area (Å²) in [4.78, 5) is 3.00. The Hall–Kier alpha value is -1.48. The third-order valence-corrected chi connectivity index (χ3v) is 2.37. The maximum absolute atomic E-state index is 12.2. The highest BCUT2D eigenvalue weighted by Gasteiger charge is 2.22. The summed E-state index contributed by atoms with van der Waals surface area (Å²) in [5.74, 6) is -0.880. The summed E-state index contributed by atoms with van der Waals surface area (Å²) in [7, 11) is -4.29. The number of rotatable bonds is 2. The quantitative estimate of drug-likeness (QED) is 0.668. The molecule has 6 nitrogen and oxygen atoms in total. The molecule has 0 bridgehead atoms. The van der Waals surface area contributed by atoms with E-state index in [4.69, 9.17) is 10.8 Å². The van der Waals surface area contributed by atoms with Crippen LogP contribution in [0.2, 0.25) is 0 Å². The molecule has 0 aliphatic rings. The van der Waals surface area contributed by atoms with Crippen molar-refractivity contribution in [2.24, 2.45) is 5.14 Å². The van der Waals surface area contributed by atoms with Gasteiger partial charge in [-0.1, -0.05) is 0 Å². The van der Waals surface area contributed by atoms with Crippen molar-refractivity contribution in [3.63, 3.8) is 0 Å². The second-order valence-electron chi connectivity index (χ2n) is 2.63. The van der Waals surface area contributed by atoms with Gasteiger partial charge in [-0.15, -0.1) is 0 Å². The van der Waals surface area contributed by atoms with Gasteiger partial charge in [0.15, 0.2) is 5.03 Å². The Bertz CT molecular complexity index is 489. The maximum atomic E-state index is 12.2. The molecule has 0 aromatic carbocycles. The van der Waals surface area contributed by atoms with Crippen LogP contribution in [0.15, 0.2) is 11.1 Å². The zero-order chi connectivity index (χ0) is 11.8. The van der Waals surface area contributed by atoms with Crippen molar-refractivity contribution >= 4 is 15.7 Å². The predicted molar refractivity (Wildman–Crippen MR) is 46.6 cm³/mol. The van der Waals surface area contributed by atoms with E-state index >= 15 is 0 Å². The molecule has 1 rings (SSSR count). The van der Waals surface area contributed by atoms with Crippen LogP contribution < -0.4 is 10.9 Å². The lowest BCUT2D eigenvalue weighted by molar-refractivity contribution is 0.141. The topological polar surface area (TPSA) is 119 Å². The van der Waals surface area contributed by atoms with E-state index in [9.17, 15) is 17.2 Å². The normalized spacial score (nSPS) is 12.0. The van der Waals surface area contributed by atoms with E-state index in [-0.39, 0.29) is 0 Å². The highest BCUT2D eigenvalue weighted by atomic mass is 32.2. The number of primary sulfonamides is 1. The number of halogens is 2. The molecule has 0 saturated carbocycles. The van der Waals surface area contributed by atoms with Crippen molar-refractivity contribution in [1.82, 2.24) is 4.98 Å². The molecule has 0 aliphatic heterocycles. The molecule has 0 fully saturated rings. The van der Waals surface area contributed by atoms with Crippen LogP contribution in [0.5, 0.6) is 5.75 Å². The summed E-state index contributed by atoms with van der Waals surface area (Å²) in [6, 6.07) is 0.661. The van der Waals surface area contributed by atoms with E-state index in [1.165, 1.54) is 0 Å². The number of hydrogen-bond acceptors (Lipinski definition) is 5. The van der Waals surface area contributed by atoms with E-state index in [2.05, 4.69) is 10.1 Å². The molecule has 1 heterocycles. The Morgan fingerprint density at radius 2 is 2.00 bits per heavy atom. The van der Waals surface area contributed by atoms with Crippen LogP contribution in [-0.4, -0.2) is 18.5 Å². The van der Waals surface area contributed by atoms with Gasteiger partial charge in [0.2, 0.25) is 0 Å². The first kappa shape index (κ1) is 11.6. The van der Waals surface area contributed by atoms with Crippen LogP contribution in [0.1, 0.15) is 12.1 Å². The molecule has 0 saturated heterocycles. The molecule has 5 N–H and O–H groups in total. The van der Waals surface area contributed by atoms with Gasteiger partial charge < -0.3 is 10.8 Å². The van der Waals surface area contributed by atoms with Gasteiger partial charge in [0.05, 0.1) is 5.69 Å². The number of nitrogen functional groups attached to an aromatic ring is 1. The Morgan fingerprint density at radius 3 is 2.40 bits per heavy atom. The fourth-order valence-electron chi connectivity index (χ4n) is 0.903. The van der Waals surface area contributed by atoms with Crippen molar-refractivity contribution in [3.8, 4) is 5.75 Å². The van der Waals surface area contributed by atoms with Gasteiger partial charge in [0, 0.05) is 6.07 Å². The smallest absolute Gasteiger partial charge is 0.284 e. The van der Waals surface area contributed by atoms with Crippen LogP contribution in [0.4, 0.5) is 14.5 Å². The minimum atomic E-state index is -4.29. The van der Waals surface area contributed by atoms with Crippen LogP contribution in [-0.2, 0) is 10.0 Å². The van der Waals surface area contributed by atoms with Crippen molar-refractivity contribution in [2.45, 2.75) is 11.5 Å². The monoisotopic (exact) mass is 239 g/mol. The fourth-order valence-corrected chi connectivity index (χ4v) is 1.52. The van der Waals surface area contributed by atoms with Crippen molar-refractivity contribution in [2.75, 3.05) is 5.73 Å². The maximum Gasteiger partial charge on any atom is 0.284 e. The molecule has 1 aromatic heterocycles. The summed E-state index contributed by atoms with van der Waals surface area (Å²) in [6.45, 7) is 0. The number of pyridine rings is 1. The van der Waals surface area contributed by atoms with Crippen molar-refractivity contribution in [3.05, 3.63) is 11.8 Å². The third-order valence-electron chi connectivity index (χ3n) is 1.50. The molecule has 0 atom stereocenters. The lowest BCUT2D eigenvalue weighted by atomic mass is 10.3. The highest BCUT2D eigenvalue weighted by Crippen LogP contribution is 2.30. The summed E-state index contributed by atoms with van der Waals surface area (Å²) >= 11 is 0. The van der Waals surface area contributed by atoms with Crippen molar-refractivity contribution in [1.29, 1.82) is 0 Å². The second kappa shape index (κ2) is 3.59. The summed E-state index contributed by atoms with van der Waals surface area (Å²) in [5, 5.41) is 12.8. The number of aromatic nitrogens is 1. The first-order valence-electron chi connectivity index (χ1n) is 3.54. The molecule has 1 aromatic rings. The van der Waals surface area contributed by atoms with Gasteiger partial charge in [0.25, 0.3) is 16.4 Å². The Kier molecular flexibility index (Phi) is 2.77. The van der Waals surface area contributed by atoms with Crippen LogP contribution in [0.3, 0.4) is 0 Å². The Labute approximate surface area is 83.6 Å². The molecule has 0 amide bonds. The lowest BCUT2D eigenvalue weighted by Crippen LogP contribution is -2.17. The molecule has 0 radical (unpaired) electrons.